The molecule has 1 aromatic heterocycles. The number of likely N-dealkylation sites (tertiary alicyclic amines) is 1. The fourth-order valence-electron chi connectivity index (χ4n) is 5.02. The van der Waals surface area contributed by atoms with Gasteiger partial charge in [0.15, 0.2) is 0 Å². The zero-order valence-electron chi connectivity index (χ0n) is 16.7. The molecule has 0 saturated carbocycles. The summed E-state index contributed by atoms with van der Waals surface area (Å²) in [4.78, 5) is 9.39. The number of aromatic nitrogens is 1. The maximum atomic E-state index is 5.53. The molecule has 3 fully saturated rings. The number of hydrogen-bond acceptors (Lipinski definition) is 4. The predicted molar refractivity (Wildman–Crippen MR) is 113 cm³/mol. The molecule has 0 amide bonds. The Hall–Kier alpha value is -1.91. The number of ether oxygens (including phenoxy) is 1. The maximum Gasteiger partial charge on any atom is 0.0507 e. The summed E-state index contributed by atoms with van der Waals surface area (Å²) >= 11 is 0. The van der Waals surface area contributed by atoms with Gasteiger partial charge in [-0.1, -0.05) is 18.2 Å². The van der Waals surface area contributed by atoms with Gasteiger partial charge in [0.25, 0.3) is 0 Å². The van der Waals surface area contributed by atoms with E-state index in [0.717, 1.165) is 38.1 Å². The summed E-state index contributed by atoms with van der Waals surface area (Å²) in [5.41, 5.74) is 4.26. The Labute approximate surface area is 168 Å². The zero-order chi connectivity index (χ0) is 18.8. The average Bonchev–Trinajstić information content (AvgIpc) is 3.22. The Balaban J connectivity index is 1.11. The summed E-state index contributed by atoms with van der Waals surface area (Å²) in [6, 6.07) is 13.6. The van der Waals surface area contributed by atoms with Crippen LogP contribution in [0.1, 0.15) is 42.2 Å². The van der Waals surface area contributed by atoms with Crippen molar-refractivity contribution < 1.29 is 4.74 Å². The molecule has 1 atom stereocenters. The first-order valence-corrected chi connectivity index (χ1v) is 10.9. The van der Waals surface area contributed by atoms with Crippen molar-refractivity contribution in [3.8, 4) is 0 Å². The average molecular weight is 378 g/mol. The van der Waals surface area contributed by atoms with Gasteiger partial charge in [0, 0.05) is 50.2 Å². The van der Waals surface area contributed by atoms with Gasteiger partial charge in [-0.25, -0.2) is 0 Å². The minimum atomic E-state index is 0.628. The van der Waals surface area contributed by atoms with Crippen LogP contribution in [0.25, 0.3) is 0 Å². The van der Waals surface area contributed by atoms with Gasteiger partial charge in [-0.2, -0.15) is 0 Å². The van der Waals surface area contributed by atoms with Gasteiger partial charge < -0.3 is 14.5 Å². The molecule has 3 aliphatic heterocycles. The van der Waals surface area contributed by atoms with Crippen molar-refractivity contribution in [1.29, 1.82) is 0 Å². The third kappa shape index (κ3) is 3.94. The molecular weight excluding hydrogens is 346 g/mol. The highest BCUT2D eigenvalue weighted by Crippen LogP contribution is 2.34. The van der Waals surface area contributed by atoms with Crippen LogP contribution in [0.5, 0.6) is 0 Å². The van der Waals surface area contributed by atoms with Crippen LogP contribution in [0, 0.1) is 5.92 Å². The first-order chi connectivity index (χ1) is 13.8. The molecule has 0 spiro atoms. The van der Waals surface area contributed by atoms with Crippen LogP contribution in [0.2, 0.25) is 0 Å². The molecule has 1 unspecified atom stereocenters. The molecule has 28 heavy (non-hydrogen) atoms. The number of rotatable bonds is 5. The minimum absolute atomic E-state index is 0.628. The standard InChI is InChI=1S/C24H31N3O/c1-2-22(14-25-10-1)23-16-27(17-23)24-5-3-20(4-6-24)21-7-11-26(12-8-21)15-19-9-13-28-18-19/h1-6,10,14,19,21,23H,7-9,11-13,15-18H2. The van der Waals surface area contributed by atoms with E-state index < -0.39 is 0 Å². The van der Waals surface area contributed by atoms with Crippen LogP contribution in [-0.2, 0) is 4.74 Å². The second-order valence-electron chi connectivity index (χ2n) is 8.78. The highest BCUT2D eigenvalue weighted by molar-refractivity contribution is 5.52. The van der Waals surface area contributed by atoms with Gasteiger partial charge in [-0.05, 0) is 73.5 Å². The summed E-state index contributed by atoms with van der Waals surface area (Å²) in [5, 5.41) is 0. The van der Waals surface area contributed by atoms with Crippen LogP contribution in [-0.4, -0.2) is 55.8 Å². The lowest BCUT2D eigenvalue weighted by molar-refractivity contribution is 0.152. The van der Waals surface area contributed by atoms with Gasteiger partial charge in [0.2, 0.25) is 0 Å². The molecule has 4 heterocycles. The lowest BCUT2D eigenvalue weighted by Crippen LogP contribution is -2.45. The molecule has 0 radical (unpaired) electrons. The van der Waals surface area contributed by atoms with Gasteiger partial charge in [-0.15, -0.1) is 0 Å². The lowest BCUT2D eigenvalue weighted by Gasteiger charge is -2.41. The fourth-order valence-corrected chi connectivity index (χ4v) is 5.02. The molecule has 0 N–H and O–H groups in total. The van der Waals surface area contributed by atoms with Crippen LogP contribution < -0.4 is 4.90 Å². The van der Waals surface area contributed by atoms with Crippen molar-refractivity contribution in [3.63, 3.8) is 0 Å². The van der Waals surface area contributed by atoms with Crippen molar-refractivity contribution in [3.05, 3.63) is 59.9 Å². The summed E-state index contributed by atoms with van der Waals surface area (Å²) in [6.45, 7) is 7.86. The Bertz CT molecular complexity index is 743. The van der Waals surface area contributed by atoms with Gasteiger partial charge in [0.05, 0.1) is 6.61 Å². The summed E-state index contributed by atoms with van der Waals surface area (Å²) in [7, 11) is 0. The van der Waals surface area contributed by atoms with E-state index in [-0.39, 0.29) is 0 Å². The van der Waals surface area contributed by atoms with Crippen LogP contribution in [0.15, 0.2) is 48.8 Å². The van der Waals surface area contributed by atoms with Crippen molar-refractivity contribution in [2.75, 3.05) is 50.8 Å². The molecule has 0 bridgehead atoms. The largest absolute Gasteiger partial charge is 0.381 e. The molecule has 3 saturated heterocycles. The summed E-state index contributed by atoms with van der Waals surface area (Å²) in [5.74, 6) is 2.12. The van der Waals surface area contributed by atoms with Crippen molar-refractivity contribution in [2.45, 2.75) is 31.1 Å². The van der Waals surface area contributed by atoms with E-state index in [9.17, 15) is 0 Å². The van der Waals surface area contributed by atoms with Gasteiger partial charge in [-0.3, -0.25) is 4.98 Å². The monoisotopic (exact) mass is 377 g/mol. The number of piperidine rings is 1. The second kappa shape index (κ2) is 8.22. The highest BCUT2D eigenvalue weighted by Gasteiger charge is 2.29. The molecule has 3 aliphatic rings. The molecule has 5 rings (SSSR count). The van der Waals surface area contributed by atoms with Crippen LogP contribution in [0.3, 0.4) is 0 Å². The van der Waals surface area contributed by atoms with E-state index in [0.29, 0.717) is 5.92 Å². The first-order valence-electron chi connectivity index (χ1n) is 10.9. The number of benzene rings is 1. The van der Waals surface area contributed by atoms with Crippen LogP contribution in [0.4, 0.5) is 5.69 Å². The smallest absolute Gasteiger partial charge is 0.0507 e. The summed E-state index contributed by atoms with van der Waals surface area (Å²) < 4.78 is 5.53. The molecule has 4 heteroatoms. The van der Waals surface area contributed by atoms with Crippen LogP contribution >= 0.6 is 0 Å². The van der Waals surface area contributed by atoms with Crippen molar-refractivity contribution >= 4 is 5.69 Å². The molecule has 148 valence electrons. The van der Waals surface area contributed by atoms with E-state index in [2.05, 4.69) is 45.1 Å². The Morgan fingerprint density at radius 3 is 2.43 bits per heavy atom. The van der Waals surface area contributed by atoms with Gasteiger partial charge >= 0.3 is 0 Å². The van der Waals surface area contributed by atoms with E-state index in [1.54, 1.807) is 0 Å². The number of hydrogen-bond donors (Lipinski definition) is 0. The topological polar surface area (TPSA) is 28.6 Å². The third-order valence-electron chi connectivity index (χ3n) is 6.89. The van der Waals surface area contributed by atoms with E-state index in [1.165, 1.54) is 55.7 Å². The van der Waals surface area contributed by atoms with Crippen molar-refractivity contribution in [2.24, 2.45) is 5.92 Å². The SMILES string of the molecule is c1cncc(C2CN(c3ccc(C4CCN(CC5CCOC5)CC4)cc3)C2)c1. The molecule has 4 nitrogen and oxygen atoms in total. The van der Waals surface area contributed by atoms with Gasteiger partial charge in [0.1, 0.15) is 0 Å². The second-order valence-corrected chi connectivity index (χ2v) is 8.78. The fraction of sp³-hybridized carbons (Fsp3) is 0.542. The summed E-state index contributed by atoms with van der Waals surface area (Å²) in [6.07, 6.45) is 7.70. The number of anilines is 1. The predicted octanol–water partition coefficient (Wildman–Crippen LogP) is 3.90. The number of pyridine rings is 1. The van der Waals surface area contributed by atoms with E-state index in [1.807, 2.05) is 18.5 Å². The zero-order valence-corrected chi connectivity index (χ0v) is 16.7. The Morgan fingerprint density at radius 1 is 0.929 bits per heavy atom. The molecule has 2 aromatic rings. The Kier molecular flexibility index (Phi) is 5.32. The van der Waals surface area contributed by atoms with Crippen molar-refractivity contribution in [1.82, 2.24) is 9.88 Å². The highest BCUT2D eigenvalue weighted by atomic mass is 16.5. The Morgan fingerprint density at radius 2 is 1.75 bits per heavy atom. The quantitative estimate of drug-likeness (QED) is 0.790. The maximum absolute atomic E-state index is 5.53. The third-order valence-corrected chi connectivity index (χ3v) is 6.89. The minimum Gasteiger partial charge on any atom is -0.381 e. The molecular formula is C24H31N3O. The first kappa shape index (κ1) is 18.1. The van der Waals surface area contributed by atoms with E-state index >= 15 is 0 Å². The lowest BCUT2D eigenvalue weighted by atomic mass is 9.88. The number of nitrogens with zero attached hydrogens (tertiary/aromatic N) is 3. The molecule has 1 aromatic carbocycles. The van der Waals surface area contributed by atoms with E-state index in [4.69, 9.17) is 4.74 Å². The normalized spacial score (nSPS) is 24.4. The molecule has 0 aliphatic carbocycles.